The molecule has 0 radical (unpaired) electrons. The topological polar surface area (TPSA) is 15.3 Å². The third-order valence-electron chi connectivity index (χ3n) is 3.17. The fourth-order valence-corrected chi connectivity index (χ4v) is 2.66. The van der Waals surface area contributed by atoms with E-state index in [1.54, 1.807) is 0 Å². The second-order valence-electron chi connectivity index (χ2n) is 4.49. The standard InChI is InChI=1S/C12H16BrClN2/c1-8-5-10(7-16(8)2)15-12-6-9(13)3-4-11(12)14/h3-4,6,8,10,15H,5,7H2,1-2H3. The van der Waals surface area contributed by atoms with Crippen molar-refractivity contribution < 1.29 is 0 Å². The molecule has 1 aliphatic heterocycles. The van der Waals surface area contributed by atoms with Crippen molar-refractivity contribution in [2.24, 2.45) is 0 Å². The van der Waals surface area contributed by atoms with E-state index in [4.69, 9.17) is 11.6 Å². The van der Waals surface area contributed by atoms with Gasteiger partial charge in [0.2, 0.25) is 0 Å². The quantitative estimate of drug-likeness (QED) is 0.898. The maximum Gasteiger partial charge on any atom is 0.0638 e. The Balaban J connectivity index is 2.07. The van der Waals surface area contributed by atoms with Gasteiger partial charge in [-0.1, -0.05) is 27.5 Å². The second-order valence-corrected chi connectivity index (χ2v) is 5.81. The molecule has 0 aromatic heterocycles. The summed E-state index contributed by atoms with van der Waals surface area (Å²) in [5, 5.41) is 4.29. The number of anilines is 1. The van der Waals surface area contributed by atoms with Crippen LogP contribution in [0, 0.1) is 0 Å². The van der Waals surface area contributed by atoms with E-state index in [1.165, 1.54) is 6.42 Å². The number of nitrogens with zero attached hydrogens (tertiary/aromatic N) is 1. The Morgan fingerprint density at radius 1 is 1.50 bits per heavy atom. The first-order valence-electron chi connectivity index (χ1n) is 5.48. The van der Waals surface area contributed by atoms with Crippen LogP contribution in [0.15, 0.2) is 22.7 Å². The van der Waals surface area contributed by atoms with Gasteiger partial charge in [0, 0.05) is 23.1 Å². The molecule has 1 aliphatic rings. The number of likely N-dealkylation sites (N-methyl/N-ethyl adjacent to an activating group) is 1. The third kappa shape index (κ3) is 2.70. The summed E-state index contributed by atoms with van der Waals surface area (Å²) < 4.78 is 1.05. The number of halogens is 2. The Hall–Kier alpha value is -0.250. The van der Waals surface area contributed by atoms with Crippen LogP contribution in [-0.4, -0.2) is 30.6 Å². The van der Waals surface area contributed by atoms with E-state index in [-0.39, 0.29) is 0 Å². The summed E-state index contributed by atoms with van der Waals surface area (Å²) in [5.41, 5.74) is 1.02. The molecule has 2 nitrogen and oxygen atoms in total. The zero-order valence-electron chi connectivity index (χ0n) is 9.50. The van der Waals surface area contributed by atoms with Crippen LogP contribution in [0.2, 0.25) is 5.02 Å². The normalized spacial score (nSPS) is 26.0. The zero-order valence-corrected chi connectivity index (χ0v) is 11.8. The van der Waals surface area contributed by atoms with Crippen molar-refractivity contribution in [3.8, 4) is 0 Å². The van der Waals surface area contributed by atoms with Crippen molar-refractivity contribution in [2.75, 3.05) is 18.9 Å². The van der Waals surface area contributed by atoms with Crippen LogP contribution in [0.3, 0.4) is 0 Å². The minimum Gasteiger partial charge on any atom is -0.380 e. The first kappa shape index (κ1) is 12.2. The minimum absolute atomic E-state index is 0.492. The first-order chi connectivity index (χ1) is 7.56. The molecule has 1 saturated heterocycles. The van der Waals surface area contributed by atoms with Gasteiger partial charge in [-0.2, -0.15) is 0 Å². The van der Waals surface area contributed by atoms with Gasteiger partial charge < -0.3 is 10.2 Å². The van der Waals surface area contributed by atoms with Gasteiger partial charge in [0.1, 0.15) is 0 Å². The van der Waals surface area contributed by atoms with Gasteiger partial charge in [-0.05, 0) is 38.6 Å². The van der Waals surface area contributed by atoms with E-state index in [0.29, 0.717) is 12.1 Å². The predicted molar refractivity (Wildman–Crippen MR) is 73.3 cm³/mol. The number of rotatable bonds is 2. The van der Waals surface area contributed by atoms with E-state index in [1.807, 2.05) is 18.2 Å². The number of hydrogen-bond acceptors (Lipinski definition) is 2. The molecule has 4 heteroatoms. The third-order valence-corrected chi connectivity index (χ3v) is 4.00. The smallest absolute Gasteiger partial charge is 0.0638 e. The summed E-state index contributed by atoms with van der Waals surface area (Å²) >= 11 is 9.61. The molecule has 1 N–H and O–H groups in total. The number of benzene rings is 1. The summed E-state index contributed by atoms with van der Waals surface area (Å²) in [7, 11) is 2.16. The molecule has 0 saturated carbocycles. The lowest BCUT2D eigenvalue weighted by Gasteiger charge is -2.15. The summed E-state index contributed by atoms with van der Waals surface area (Å²) in [5.74, 6) is 0. The largest absolute Gasteiger partial charge is 0.380 e. The van der Waals surface area contributed by atoms with Crippen LogP contribution >= 0.6 is 27.5 Å². The Bertz CT molecular complexity index is 373. The van der Waals surface area contributed by atoms with Gasteiger partial charge in [-0.15, -0.1) is 0 Å². The highest BCUT2D eigenvalue weighted by Gasteiger charge is 2.26. The molecule has 2 unspecified atom stereocenters. The highest BCUT2D eigenvalue weighted by molar-refractivity contribution is 9.10. The summed E-state index contributed by atoms with van der Waals surface area (Å²) in [6.07, 6.45) is 1.17. The molecule has 0 amide bonds. The lowest BCUT2D eigenvalue weighted by atomic mass is 10.2. The molecular weight excluding hydrogens is 288 g/mol. The van der Waals surface area contributed by atoms with Gasteiger partial charge in [0.05, 0.1) is 10.7 Å². The Morgan fingerprint density at radius 2 is 2.25 bits per heavy atom. The number of nitrogens with one attached hydrogen (secondary N) is 1. The van der Waals surface area contributed by atoms with Gasteiger partial charge in [0.15, 0.2) is 0 Å². The monoisotopic (exact) mass is 302 g/mol. The Kier molecular flexibility index (Phi) is 3.77. The molecule has 88 valence electrons. The average Bonchev–Trinajstić information content (AvgIpc) is 2.52. The molecule has 16 heavy (non-hydrogen) atoms. The fraction of sp³-hybridized carbons (Fsp3) is 0.500. The van der Waals surface area contributed by atoms with Gasteiger partial charge in [-0.25, -0.2) is 0 Å². The number of hydrogen-bond donors (Lipinski definition) is 1. The maximum absolute atomic E-state index is 6.15. The molecule has 1 heterocycles. The van der Waals surface area contributed by atoms with Crippen molar-refractivity contribution in [2.45, 2.75) is 25.4 Å². The minimum atomic E-state index is 0.492. The molecule has 0 bridgehead atoms. The predicted octanol–water partition coefficient (Wildman–Crippen LogP) is 3.61. The van der Waals surface area contributed by atoms with Crippen molar-refractivity contribution in [1.29, 1.82) is 0 Å². The molecular formula is C12H16BrClN2. The van der Waals surface area contributed by atoms with Gasteiger partial charge in [-0.3, -0.25) is 0 Å². The van der Waals surface area contributed by atoms with Gasteiger partial charge >= 0.3 is 0 Å². The van der Waals surface area contributed by atoms with Crippen LogP contribution in [0.5, 0.6) is 0 Å². The van der Waals surface area contributed by atoms with Crippen molar-refractivity contribution in [3.63, 3.8) is 0 Å². The lowest BCUT2D eigenvalue weighted by molar-refractivity contribution is 0.330. The van der Waals surface area contributed by atoms with Crippen LogP contribution in [-0.2, 0) is 0 Å². The van der Waals surface area contributed by atoms with Crippen LogP contribution in [0.4, 0.5) is 5.69 Å². The molecule has 1 fully saturated rings. The van der Waals surface area contributed by atoms with E-state index < -0.39 is 0 Å². The highest BCUT2D eigenvalue weighted by Crippen LogP contribution is 2.28. The second kappa shape index (κ2) is 4.94. The van der Waals surface area contributed by atoms with Crippen LogP contribution < -0.4 is 5.32 Å². The maximum atomic E-state index is 6.15. The molecule has 1 aromatic rings. The van der Waals surface area contributed by atoms with E-state index >= 15 is 0 Å². The molecule has 2 atom stereocenters. The molecule has 0 aliphatic carbocycles. The van der Waals surface area contributed by atoms with Gasteiger partial charge in [0.25, 0.3) is 0 Å². The summed E-state index contributed by atoms with van der Waals surface area (Å²) in [6.45, 7) is 3.33. The SMILES string of the molecule is CC1CC(Nc2cc(Br)ccc2Cl)CN1C. The number of likely N-dealkylation sites (tertiary alicyclic amines) is 1. The van der Waals surface area contributed by atoms with Crippen molar-refractivity contribution in [3.05, 3.63) is 27.7 Å². The van der Waals surface area contributed by atoms with Crippen LogP contribution in [0.1, 0.15) is 13.3 Å². The van der Waals surface area contributed by atoms with E-state index in [0.717, 1.165) is 21.7 Å². The summed E-state index contributed by atoms with van der Waals surface area (Å²) in [4.78, 5) is 2.36. The Labute approximate surface area is 110 Å². The van der Waals surface area contributed by atoms with Crippen molar-refractivity contribution in [1.82, 2.24) is 4.90 Å². The average molecular weight is 304 g/mol. The lowest BCUT2D eigenvalue weighted by Crippen LogP contribution is -2.24. The first-order valence-corrected chi connectivity index (χ1v) is 6.65. The van der Waals surface area contributed by atoms with E-state index in [9.17, 15) is 0 Å². The van der Waals surface area contributed by atoms with Crippen LogP contribution in [0.25, 0.3) is 0 Å². The highest BCUT2D eigenvalue weighted by atomic mass is 79.9. The molecule has 1 aromatic carbocycles. The Morgan fingerprint density at radius 3 is 2.88 bits per heavy atom. The summed E-state index contributed by atoms with van der Waals surface area (Å²) in [6, 6.07) is 7.04. The molecule has 2 rings (SSSR count). The van der Waals surface area contributed by atoms with Crippen molar-refractivity contribution >= 4 is 33.2 Å². The molecule has 0 spiro atoms. The fourth-order valence-electron chi connectivity index (χ4n) is 2.13. The zero-order chi connectivity index (χ0) is 11.7. The van der Waals surface area contributed by atoms with E-state index in [2.05, 4.69) is 40.1 Å².